The number of aromatic nitrogens is 2. The van der Waals surface area contributed by atoms with Crippen LogP contribution in [0, 0.1) is 23.7 Å². The zero-order valence-electron chi connectivity index (χ0n) is 15.3. The molecule has 1 saturated heterocycles. The molecule has 4 saturated carbocycles. The second-order valence-electron chi connectivity index (χ2n) is 8.83. The molecular formula is C19H28N4O3. The number of anilines is 1. The van der Waals surface area contributed by atoms with Gasteiger partial charge in [0.15, 0.2) is 11.6 Å². The fourth-order valence-corrected chi connectivity index (χ4v) is 6.20. The molecule has 142 valence electrons. The molecule has 0 spiro atoms. The molecule has 1 aromatic heterocycles. The van der Waals surface area contributed by atoms with E-state index in [2.05, 4.69) is 10.4 Å². The van der Waals surface area contributed by atoms with Gasteiger partial charge in [-0.1, -0.05) is 0 Å². The highest BCUT2D eigenvalue weighted by Gasteiger charge is 2.48. The number of amides is 1. The van der Waals surface area contributed by atoms with Crippen LogP contribution in [0.15, 0.2) is 6.20 Å². The van der Waals surface area contributed by atoms with Gasteiger partial charge in [-0.2, -0.15) is 5.10 Å². The first-order chi connectivity index (χ1) is 12.6. The predicted octanol–water partition coefficient (Wildman–Crippen LogP) is 1.90. The van der Waals surface area contributed by atoms with Crippen LogP contribution in [-0.2, 0) is 7.05 Å². The number of aliphatic hydroxyl groups is 1. The third kappa shape index (κ3) is 2.76. The molecule has 0 radical (unpaired) electrons. The van der Waals surface area contributed by atoms with Crippen LogP contribution < -0.4 is 15.0 Å². The van der Waals surface area contributed by atoms with Crippen molar-refractivity contribution < 1.29 is 14.6 Å². The first-order valence-corrected chi connectivity index (χ1v) is 10.00. The fourth-order valence-electron chi connectivity index (χ4n) is 6.20. The summed E-state index contributed by atoms with van der Waals surface area (Å²) in [5.41, 5.74) is 0. The Morgan fingerprint density at radius 2 is 1.92 bits per heavy atom. The standard InChI is InChI=1S/C19H28N4O3/c1-22-18(23-3-2-15(24)10-23)16(9-20-22)26-19(25)21-17-13-5-11-4-12(7-13)8-14(17)6-11/h9,11-15,17,24H,2-8,10H2,1H3,(H,21,25). The summed E-state index contributed by atoms with van der Waals surface area (Å²) >= 11 is 0. The van der Waals surface area contributed by atoms with Gasteiger partial charge in [-0.05, 0) is 62.2 Å². The molecule has 6 rings (SSSR count). The first kappa shape index (κ1) is 16.4. The molecule has 26 heavy (non-hydrogen) atoms. The molecule has 7 heteroatoms. The number of aryl methyl sites for hydroxylation is 1. The van der Waals surface area contributed by atoms with Gasteiger partial charge in [-0.15, -0.1) is 0 Å². The number of ether oxygens (including phenoxy) is 1. The van der Waals surface area contributed by atoms with E-state index in [1.165, 1.54) is 32.1 Å². The average molecular weight is 360 g/mol. The van der Waals surface area contributed by atoms with E-state index >= 15 is 0 Å². The SMILES string of the molecule is Cn1ncc(OC(=O)NC2C3CC4CC(C3)CC2C4)c1N1CCC(O)C1. The number of nitrogens with one attached hydrogen (secondary N) is 1. The zero-order chi connectivity index (χ0) is 17.8. The lowest BCUT2D eigenvalue weighted by Gasteiger charge is -2.54. The van der Waals surface area contributed by atoms with E-state index in [1.54, 1.807) is 10.9 Å². The van der Waals surface area contributed by atoms with Crippen molar-refractivity contribution in [1.29, 1.82) is 0 Å². The maximum atomic E-state index is 12.6. The summed E-state index contributed by atoms with van der Waals surface area (Å²) in [4.78, 5) is 14.6. The first-order valence-electron chi connectivity index (χ1n) is 10.00. The van der Waals surface area contributed by atoms with E-state index in [4.69, 9.17) is 4.74 Å². The molecule has 1 atom stereocenters. The molecule has 2 heterocycles. The van der Waals surface area contributed by atoms with Crippen molar-refractivity contribution in [3.63, 3.8) is 0 Å². The highest BCUT2D eigenvalue weighted by atomic mass is 16.6. The molecule has 4 bridgehead atoms. The largest absolute Gasteiger partial charge is 0.413 e. The smallest absolute Gasteiger partial charge is 0.405 e. The van der Waals surface area contributed by atoms with Crippen molar-refractivity contribution in [2.45, 2.75) is 50.7 Å². The van der Waals surface area contributed by atoms with E-state index < -0.39 is 0 Å². The van der Waals surface area contributed by atoms with Gasteiger partial charge >= 0.3 is 6.09 Å². The molecule has 1 aromatic rings. The van der Waals surface area contributed by atoms with Gasteiger partial charge in [0, 0.05) is 26.2 Å². The van der Waals surface area contributed by atoms with E-state index in [9.17, 15) is 9.90 Å². The number of carbonyl (C=O) groups excluding carboxylic acids is 1. The van der Waals surface area contributed by atoms with Gasteiger partial charge in [0.2, 0.25) is 0 Å². The topological polar surface area (TPSA) is 79.6 Å². The summed E-state index contributed by atoms with van der Waals surface area (Å²) in [6.07, 6.45) is 8.09. The Kier molecular flexibility index (Phi) is 3.88. The maximum Gasteiger partial charge on any atom is 0.413 e. The molecule has 5 fully saturated rings. The number of nitrogens with zero attached hydrogens (tertiary/aromatic N) is 3. The molecule has 1 unspecified atom stereocenters. The Bertz CT molecular complexity index is 675. The molecule has 1 aliphatic heterocycles. The maximum absolute atomic E-state index is 12.6. The second kappa shape index (κ2) is 6.15. The van der Waals surface area contributed by atoms with E-state index in [1.807, 2.05) is 11.9 Å². The lowest BCUT2D eigenvalue weighted by atomic mass is 9.54. The predicted molar refractivity (Wildman–Crippen MR) is 96.0 cm³/mol. The molecule has 0 aromatic carbocycles. The highest BCUT2D eigenvalue weighted by molar-refractivity contribution is 5.73. The van der Waals surface area contributed by atoms with Gasteiger partial charge in [-0.3, -0.25) is 0 Å². The third-order valence-electron chi connectivity index (χ3n) is 7.05. The van der Waals surface area contributed by atoms with Gasteiger partial charge in [0.05, 0.1) is 12.3 Å². The minimum atomic E-state index is -0.364. The van der Waals surface area contributed by atoms with Crippen molar-refractivity contribution in [2.75, 3.05) is 18.0 Å². The van der Waals surface area contributed by atoms with Crippen LogP contribution in [0.4, 0.5) is 10.6 Å². The third-order valence-corrected chi connectivity index (χ3v) is 7.05. The van der Waals surface area contributed by atoms with Gasteiger partial charge in [0.1, 0.15) is 0 Å². The van der Waals surface area contributed by atoms with Crippen LogP contribution in [0.5, 0.6) is 5.75 Å². The normalized spacial score (nSPS) is 38.0. The van der Waals surface area contributed by atoms with Gasteiger partial charge < -0.3 is 20.1 Å². The van der Waals surface area contributed by atoms with Crippen molar-refractivity contribution >= 4 is 11.9 Å². The van der Waals surface area contributed by atoms with Crippen molar-refractivity contribution in [3.8, 4) is 5.75 Å². The van der Waals surface area contributed by atoms with Crippen LogP contribution in [0.25, 0.3) is 0 Å². The Morgan fingerprint density at radius 3 is 2.54 bits per heavy atom. The Labute approximate surface area is 153 Å². The molecule has 2 N–H and O–H groups in total. The van der Waals surface area contributed by atoms with E-state index in [0.29, 0.717) is 24.1 Å². The summed E-state index contributed by atoms with van der Waals surface area (Å²) in [6, 6.07) is 0.268. The van der Waals surface area contributed by atoms with Crippen molar-refractivity contribution in [1.82, 2.24) is 15.1 Å². The number of carbonyl (C=O) groups is 1. The average Bonchev–Trinajstić information content (AvgIpc) is 3.16. The zero-order valence-corrected chi connectivity index (χ0v) is 15.3. The lowest BCUT2D eigenvalue weighted by Crippen LogP contribution is -2.56. The minimum Gasteiger partial charge on any atom is -0.405 e. The molecule has 7 nitrogen and oxygen atoms in total. The Balaban J connectivity index is 1.27. The second-order valence-corrected chi connectivity index (χ2v) is 8.83. The summed E-state index contributed by atoms with van der Waals surface area (Å²) in [6.45, 7) is 1.29. The summed E-state index contributed by atoms with van der Waals surface area (Å²) in [5.74, 6) is 4.27. The van der Waals surface area contributed by atoms with Crippen LogP contribution in [0.1, 0.15) is 38.5 Å². The highest BCUT2D eigenvalue weighted by Crippen LogP contribution is 2.53. The number of rotatable bonds is 3. The number of hydrogen-bond donors (Lipinski definition) is 2. The van der Waals surface area contributed by atoms with Crippen LogP contribution >= 0.6 is 0 Å². The number of aliphatic hydroxyl groups excluding tert-OH is 1. The van der Waals surface area contributed by atoms with Crippen molar-refractivity contribution in [3.05, 3.63) is 6.20 Å². The number of β-amino-alcohol motifs (C(OH)–C–C–N with tert-alkyl or cyclic N) is 1. The fraction of sp³-hybridized carbons (Fsp3) is 0.789. The van der Waals surface area contributed by atoms with E-state index in [0.717, 1.165) is 30.6 Å². The Morgan fingerprint density at radius 1 is 1.23 bits per heavy atom. The van der Waals surface area contributed by atoms with Gasteiger partial charge in [-0.25, -0.2) is 9.48 Å². The minimum absolute atomic E-state index is 0.268. The summed E-state index contributed by atoms with van der Waals surface area (Å²) in [5, 5.41) is 17.2. The Hall–Kier alpha value is -1.76. The molecule has 1 amide bonds. The molecule has 4 aliphatic carbocycles. The van der Waals surface area contributed by atoms with E-state index in [-0.39, 0.29) is 18.2 Å². The summed E-state index contributed by atoms with van der Waals surface area (Å²) in [7, 11) is 1.84. The van der Waals surface area contributed by atoms with Crippen LogP contribution in [-0.4, -0.2) is 46.2 Å². The van der Waals surface area contributed by atoms with Crippen LogP contribution in [0.2, 0.25) is 0 Å². The summed E-state index contributed by atoms with van der Waals surface area (Å²) < 4.78 is 7.38. The monoisotopic (exact) mass is 360 g/mol. The number of hydrogen-bond acceptors (Lipinski definition) is 5. The van der Waals surface area contributed by atoms with Crippen molar-refractivity contribution in [2.24, 2.45) is 30.7 Å². The lowest BCUT2D eigenvalue weighted by molar-refractivity contribution is -0.0114. The molecule has 5 aliphatic rings. The van der Waals surface area contributed by atoms with Crippen LogP contribution in [0.3, 0.4) is 0 Å². The molecular weight excluding hydrogens is 332 g/mol. The quantitative estimate of drug-likeness (QED) is 0.861. The van der Waals surface area contributed by atoms with Gasteiger partial charge in [0.25, 0.3) is 0 Å².